The van der Waals surface area contributed by atoms with E-state index in [0.717, 1.165) is 40.8 Å². The molecule has 8 nitrogen and oxygen atoms in total. The summed E-state index contributed by atoms with van der Waals surface area (Å²) < 4.78 is 28.2. The molecule has 1 aliphatic heterocycles. The monoisotopic (exact) mass is 478 g/mol. The minimum absolute atomic E-state index is 0.0766. The Morgan fingerprint density at radius 3 is 2.58 bits per heavy atom. The van der Waals surface area contributed by atoms with E-state index >= 15 is 0 Å². The molecule has 1 saturated heterocycles. The van der Waals surface area contributed by atoms with Crippen molar-refractivity contribution in [1.29, 1.82) is 0 Å². The van der Waals surface area contributed by atoms with Crippen molar-refractivity contribution in [3.63, 3.8) is 0 Å². The number of benzene rings is 1. The molecule has 1 aliphatic rings. The zero-order valence-electron chi connectivity index (χ0n) is 16.9. The van der Waals surface area contributed by atoms with Crippen LogP contribution in [0.5, 0.6) is 0 Å². The minimum Gasteiger partial charge on any atom is -0.326 e. The quantitative estimate of drug-likeness (QED) is 0.562. The predicted molar refractivity (Wildman–Crippen MR) is 123 cm³/mol. The van der Waals surface area contributed by atoms with Crippen molar-refractivity contribution in [2.45, 2.75) is 36.8 Å². The van der Waals surface area contributed by atoms with Crippen LogP contribution in [0.15, 0.2) is 34.5 Å². The molecule has 0 bridgehead atoms. The first kappa shape index (κ1) is 21.9. The van der Waals surface area contributed by atoms with E-state index in [-0.39, 0.29) is 22.4 Å². The third-order valence-electron chi connectivity index (χ3n) is 4.84. The highest BCUT2D eigenvalue weighted by Gasteiger charge is 2.27. The van der Waals surface area contributed by atoms with Gasteiger partial charge in [0.05, 0.1) is 16.6 Å². The number of nitrogens with one attached hydrogen (secondary N) is 2. The average molecular weight is 479 g/mol. The van der Waals surface area contributed by atoms with Gasteiger partial charge in [-0.15, -0.1) is 11.3 Å². The highest BCUT2D eigenvalue weighted by Crippen LogP contribution is 2.30. The van der Waals surface area contributed by atoms with Crippen molar-refractivity contribution in [1.82, 2.24) is 9.29 Å². The second kappa shape index (κ2) is 9.03. The highest BCUT2D eigenvalue weighted by atomic mass is 32.2. The molecule has 11 heteroatoms. The Morgan fingerprint density at radius 2 is 1.84 bits per heavy atom. The van der Waals surface area contributed by atoms with Gasteiger partial charge in [0.25, 0.3) is 10.0 Å². The summed E-state index contributed by atoms with van der Waals surface area (Å²) in [6, 6.07) is 8.62. The molecule has 0 aliphatic carbocycles. The molecule has 1 aromatic carbocycles. The predicted octanol–water partition coefficient (Wildman–Crippen LogP) is 3.67. The summed E-state index contributed by atoms with van der Waals surface area (Å²) in [6.45, 7) is 2.55. The summed E-state index contributed by atoms with van der Waals surface area (Å²) >= 11 is 2.45. The topological polar surface area (TPSA) is 108 Å². The smallest absolute Gasteiger partial charge is 0.252 e. The first-order valence-electron chi connectivity index (χ1n) is 9.88. The fourth-order valence-electron chi connectivity index (χ4n) is 3.41. The van der Waals surface area contributed by atoms with Gasteiger partial charge >= 0.3 is 0 Å². The lowest BCUT2D eigenvalue weighted by Gasteiger charge is -2.25. The number of piperidine rings is 1. The first-order valence-corrected chi connectivity index (χ1v) is 13.0. The summed E-state index contributed by atoms with van der Waals surface area (Å²) in [5.74, 6) is -0.417. The Labute approximate surface area is 188 Å². The van der Waals surface area contributed by atoms with E-state index in [4.69, 9.17) is 0 Å². The van der Waals surface area contributed by atoms with E-state index in [9.17, 15) is 18.0 Å². The maximum Gasteiger partial charge on any atom is 0.252 e. The van der Waals surface area contributed by atoms with E-state index in [2.05, 4.69) is 15.6 Å². The van der Waals surface area contributed by atoms with Crippen LogP contribution in [0.25, 0.3) is 10.2 Å². The van der Waals surface area contributed by atoms with Crippen LogP contribution in [0.2, 0.25) is 0 Å². The molecule has 0 unspecified atom stereocenters. The third kappa shape index (κ3) is 5.12. The number of anilines is 2. The molecular weight excluding hydrogens is 456 g/mol. The molecule has 2 aromatic heterocycles. The van der Waals surface area contributed by atoms with Crippen molar-refractivity contribution in [3.05, 3.63) is 35.2 Å². The van der Waals surface area contributed by atoms with Gasteiger partial charge in [-0.05, 0) is 43.2 Å². The number of thiazole rings is 1. The molecule has 0 radical (unpaired) electrons. The number of carbonyl (C=O) groups is 2. The fraction of sp³-hybridized carbons (Fsp3) is 0.350. The molecule has 4 rings (SSSR count). The summed E-state index contributed by atoms with van der Waals surface area (Å²) in [6.07, 6.45) is 2.90. The number of sulfonamides is 1. The molecular formula is C20H22N4O4S3. The molecule has 0 saturated carbocycles. The van der Waals surface area contributed by atoms with Gasteiger partial charge in [0.2, 0.25) is 11.8 Å². The van der Waals surface area contributed by atoms with E-state index in [1.807, 2.05) is 0 Å². The van der Waals surface area contributed by atoms with Gasteiger partial charge < -0.3 is 10.6 Å². The molecule has 0 atom stereocenters. The lowest BCUT2D eigenvalue weighted by Crippen LogP contribution is -2.35. The van der Waals surface area contributed by atoms with Crippen molar-refractivity contribution in [2.24, 2.45) is 0 Å². The molecule has 31 heavy (non-hydrogen) atoms. The number of fused-ring (bicyclic) bond motifs is 1. The molecule has 2 N–H and O–H groups in total. The Hall–Kier alpha value is -2.34. The van der Waals surface area contributed by atoms with E-state index in [1.54, 1.807) is 30.3 Å². The van der Waals surface area contributed by atoms with E-state index in [0.29, 0.717) is 28.8 Å². The van der Waals surface area contributed by atoms with Gasteiger partial charge in [-0.1, -0.05) is 17.8 Å². The number of aromatic nitrogens is 1. The summed E-state index contributed by atoms with van der Waals surface area (Å²) in [5, 5.41) is 5.95. The first-order chi connectivity index (χ1) is 14.8. The van der Waals surface area contributed by atoms with Crippen LogP contribution in [0.4, 0.5) is 10.8 Å². The van der Waals surface area contributed by atoms with Gasteiger partial charge in [0, 0.05) is 30.6 Å². The normalized spacial score (nSPS) is 15.1. The zero-order chi connectivity index (χ0) is 22.0. The average Bonchev–Trinajstić information content (AvgIpc) is 3.34. The molecule has 0 spiro atoms. The number of nitrogens with zero attached hydrogens (tertiary/aromatic N) is 2. The van der Waals surface area contributed by atoms with E-state index in [1.165, 1.54) is 22.6 Å². The minimum atomic E-state index is -3.49. The summed E-state index contributed by atoms with van der Waals surface area (Å²) in [4.78, 5) is 28.8. The Bertz CT molecular complexity index is 1230. The zero-order valence-corrected chi connectivity index (χ0v) is 19.3. The fourth-order valence-corrected chi connectivity index (χ4v) is 7.35. The number of carbonyl (C=O) groups excluding carboxylic acids is 2. The molecule has 3 aromatic rings. The Balaban J connectivity index is 1.41. The number of amides is 2. The second-order valence-corrected chi connectivity index (χ2v) is 11.7. The van der Waals surface area contributed by atoms with Crippen molar-refractivity contribution in [2.75, 3.05) is 23.7 Å². The lowest BCUT2D eigenvalue weighted by molar-refractivity contribution is -0.115. The molecule has 2 amide bonds. The number of rotatable bonds is 6. The van der Waals surface area contributed by atoms with Crippen molar-refractivity contribution < 1.29 is 18.0 Å². The van der Waals surface area contributed by atoms with Crippen molar-refractivity contribution >= 4 is 65.5 Å². The number of hydrogen-bond donors (Lipinski definition) is 2. The SMILES string of the molecule is CC(=O)Nc1ccc2nc(NC(=O)Cc3ccc(S(=O)(=O)N4CCCCC4)s3)sc2c1. The second-order valence-electron chi connectivity index (χ2n) is 7.29. The maximum absolute atomic E-state index is 12.8. The van der Waals surface area contributed by atoms with Crippen LogP contribution in [-0.2, 0) is 26.0 Å². The van der Waals surface area contributed by atoms with Gasteiger partial charge in [-0.3, -0.25) is 9.59 Å². The Morgan fingerprint density at radius 1 is 1.06 bits per heavy atom. The van der Waals surface area contributed by atoms with Crippen LogP contribution in [0.3, 0.4) is 0 Å². The third-order valence-corrected chi connectivity index (χ3v) is 9.22. The Kier molecular flexibility index (Phi) is 6.37. The molecule has 164 valence electrons. The summed E-state index contributed by atoms with van der Waals surface area (Å²) in [5.41, 5.74) is 1.39. The van der Waals surface area contributed by atoms with Crippen molar-refractivity contribution in [3.8, 4) is 0 Å². The van der Waals surface area contributed by atoms with Crippen LogP contribution in [-0.4, -0.2) is 42.6 Å². The number of hydrogen-bond acceptors (Lipinski definition) is 7. The number of thiophene rings is 1. The maximum atomic E-state index is 12.8. The van der Waals surface area contributed by atoms with Crippen LogP contribution in [0.1, 0.15) is 31.1 Å². The highest BCUT2D eigenvalue weighted by molar-refractivity contribution is 7.91. The largest absolute Gasteiger partial charge is 0.326 e. The van der Waals surface area contributed by atoms with Crippen LogP contribution in [0, 0.1) is 0 Å². The molecule has 3 heterocycles. The van der Waals surface area contributed by atoms with Gasteiger partial charge in [0.1, 0.15) is 4.21 Å². The van der Waals surface area contributed by atoms with Crippen LogP contribution < -0.4 is 10.6 Å². The van der Waals surface area contributed by atoms with E-state index < -0.39 is 10.0 Å². The summed E-state index contributed by atoms with van der Waals surface area (Å²) in [7, 11) is -3.49. The van der Waals surface area contributed by atoms with Gasteiger partial charge in [0.15, 0.2) is 5.13 Å². The standard InChI is InChI=1S/C20H22N4O4S3/c1-13(25)21-14-5-7-16-17(11-14)30-20(22-16)23-18(26)12-15-6-8-19(29-15)31(27,28)24-9-3-2-4-10-24/h5-8,11H,2-4,9-10,12H2,1H3,(H,21,25)(H,22,23,26). The van der Waals surface area contributed by atoms with Gasteiger partial charge in [-0.25, -0.2) is 13.4 Å². The van der Waals surface area contributed by atoms with Crippen LogP contribution >= 0.6 is 22.7 Å². The molecule has 1 fully saturated rings. The lowest BCUT2D eigenvalue weighted by atomic mass is 10.2. The van der Waals surface area contributed by atoms with Gasteiger partial charge in [-0.2, -0.15) is 4.31 Å².